The maximum Gasteiger partial charge on any atom is 0.123 e. The molecule has 1 nitrogen and oxygen atoms in total. The molecule has 2 rings (SSSR count). The molecule has 0 fully saturated rings. The summed E-state index contributed by atoms with van der Waals surface area (Å²) >= 11 is 0. The van der Waals surface area contributed by atoms with Gasteiger partial charge in [0.1, 0.15) is 12.4 Å². The molecule has 0 radical (unpaired) electrons. The molecule has 1 aliphatic rings. The van der Waals surface area contributed by atoms with Crippen LogP contribution in [-0.4, -0.2) is 14.7 Å². The molecule has 166 valence electrons. The molecule has 0 N–H and O–H groups in total. The molecule has 0 aromatic heterocycles. The molecule has 0 aliphatic heterocycles. The first-order valence-electron chi connectivity index (χ1n) is 11.3. The number of aryl methyl sites for hydroxylation is 1. The van der Waals surface area contributed by atoms with Crippen LogP contribution in [0.5, 0.6) is 5.75 Å². The molecule has 1 aromatic carbocycles. The minimum Gasteiger partial charge on any atom is -0.489 e. The summed E-state index contributed by atoms with van der Waals surface area (Å²) in [4.78, 5) is 0. The molecular formula is C28H44OSi. The van der Waals surface area contributed by atoms with Gasteiger partial charge in [-0.1, -0.05) is 117 Å². The van der Waals surface area contributed by atoms with E-state index in [0.29, 0.717) is 6.61 Å². The molecule has 0 heterocycles. The fourth-order valence-corrected chi connectivity index (χ4v) is 6.21. The lowest BCUT2D eigenvalue weighted by Gasteiger charge is -2.40. The Balaban J connectivity index is 2.73. The fourth-order valence-electron chi connectivity index (χ4n) is 4.04. The van der Waals surface area contributed by atoms with Crippen molar-refractivity contribution < 1.29 is 4.74 Å². The summed E-state index contributed by atoms with van der Waals surface area (Å²) in [5, 5.41) is 1.67. The molecule has 0 saturated heterocycles. The van der Waals surface area contributed by atoms with E-state index >= 15 is 0 Å². The number of allylic oxidation sites excluding steroid dienone is 4. The lowest BCUT2D eigenvalue weighted by atomic mass is 9.76. The standard InChI is InChI=1S/C28H44OSi/c1-13-16-29-25-23(17-20(2)18-24(25)30(11,12)27(6,7)8)28(9,10)22-15-14-21(19-22)26(3,4)5/h13,15,17-19H,1,14,16H2,2-12H3. The van der Waals surface area contributed by atoms with Crippen molar-refractivity contribution in [3.63, 3.8) is 0 Å². The lowest BCUT2D eigenvalue weighted by molar-refractivity contribution is 0.355. The quantitative estimate of drug-likeness (QED) is 0.333. The average Bonchev–Trinajstić information content (AvgIpc) is 3.10. The van der Waals surface area contributed by atoms with Crippen LogP contribution >= 0.6 is 0 Å². The molecule has 0 unspecified atom stereocenters. The van der Waals surface area contributed by atoms with Crippen LogP contribution in [0.1, 0.15) is 72.9 Å². The van der Waals surface area contributed by atoms with E-state index in [1.165, 1.54) is 27.5 Å². The van der Waals surface area contributed by atoms with Crippen LogP contribution in [0.25, 0.3) is 0 Å². The predicted octanol–water partition coefficient (Wildman–Crippen LogP) is 7.86. The number of ether oxygens (including phenoxy) is 1. The third-order valence-corrected chi connectivity index (χ3v) is 12.8. The Morgan fingerprint density at radius 3 is 2.10 bits per heavy atom. The van der Waals surface area contributed by atoms with Crippen molar-refractivity contribution in [1.29, 1.82) is 0 Å². The van der Waals surface area contributed by atoms with Crippen molar-refractivity contribution in [2.45, 2.75) is 92.3 Å². The molecule has 0 bridgehead atoms. The van der Waals surface area contributed by atoms with Crippen molar-refractivity contribution in [2.75, 3.05) is 6.61 Å². The van der Waals surface area contributed by atoms with E-state index in [2.05, 4.69) is 106 Å². The summed E-state index contributed by atoms with van der Waals surface area (Å²) in [6.07, 6.45) is 7.77. The topological polar surface area (TPSA) is 9.23 Å². The minimum absolute atomic E-state index is 0.118. The van der Waals surface area contributed by atoms with E-state index in [4.69, 9.17) is 4.74 Å². The second kappa shape index (κ2) is 8.18. The summed E-state index contributed by atoms with van der Waals surface area (Å²) in [5.41, 5.74) is 5.63. The molecule has 1 aromatic rings. The van der Waals surface area contributed by atoms with Crippen LogP contribution in [0.15, 0.2) is 48.1 Å². The molecule has 1 aliphatic carbocycles. The SMILES string of the molecule is C=CCOc1c(C(C)(C)C2=CCC(C(C)(C)C)=C2)cc(C)cc1[Si](C)(C)C(C)(C)C. The summed E-state index contributed by atoms with van der Waals surface area (Å²) in [6.45, 7) is 30.4. The van der Waals surface area contributed by atoms with Crippen molar-refractivity contribution >= 4 is 13.3 Å². The van der Waals surface area contributed by atoms with Crippen LogP contribution in [0.4, 0.5) is 0 Å². The Kier molecular flexibility index (Phi) is 6.75. The summed E-state index contributed by atoms with van der Waals surface area (Å²) in [7, 11) is -1.79. The van der Waals surface area contributed by atoms with E-state index in [0.717, 1.165) is 12.2 Å². The summed E-state index contributed by atoms with van der Waals surface area (Å²) < 4.78 is 6.46. The van der Waals surface area contributed by atoms with E-state index in [9.17, 15) is 0 Å². The molecule has 2 heteroatoms. The zero-order valence-corrected chi connectivity index (χ0v) is 22.4. The minimum atomic E-state index is -1.79. The first-order chi connectivity index (χ1) is 13.5. The largest absolute Gasteiger partial charge is 0.489 e. The van der Waals surface area contributed by atoms with Gasteiger partial charge in [0.2, 0.25) is 0 Å². The molecular weight excluding hydrogens is 380 g/mol. The highest BCUT2D eigenvalue weighted by Gasteiger charge is 2.41. The zero-order valence-electron chi connectivity index (χ0n) is 21.4. The Bertz CT molecular complexity index is 867. The second-order valence-corrected chi connectivity index (χ2v) is 17.4. The van der Waals surface area contributed by atoms with Gasteiger partial charge in [0, 0.05) is 11.0 Å². The fraction of sp³-hybridized carbons (Fsp3) is 0.571. The first-order valence-corrected chi connectivity index (χ1v) is 14.3. The Labute approximate surface area is 187 Å². The Morgan fingerprint density at radius 2 is 1.63 bits per heavy atom. The summed E-state index contributed by atoms with van der Waals surface area (Å²) in [5.74, 6) is 1.09. The van der Waals surface area contributed by atoms with Crippen LogP contribution < -0.4 is 9.92 Å². The Morgan fingerprint density at radius 1 is 1.03 bits per heavy atom. The van der Waals surface area contributed by atoms with Gasteiger partial charge in [-0.25, -0.2) is 0 Å². The maximum absolute atomic E-state index is 6.46. The van der Waals surface area contributed by atoms with Crippen molar-refractivity contribution in [3.8, 4) is 5.75 Å². The van der Waals surface area contributed by atoms with Crippen LogP contribution in [0.2, 0.25) is 18.1 Å². The van der Waals surface area contributed by atoms with Crippen LogP contribution in [0, 0.1) is 12.3 Å². The highest BCUT2D eigenvalue weighted by Crippen LogP contribution is 2.45. The van der Waals surface area contributed by atoms with Crippen molar-refractivity contribution in [1.82, 2.24) is 0 Å². The Hall–Kier alpha value is -1.54. The van der Waals surface area contributed by atoms with Crippen LogP contribution in [0.3, 0.4) is 0 Å². The average molecular weight is 425 g/mol. The number of rotatable bonds is 6. The lowest BCUT2D eigenvalue weighted by Crippen LogP contribution is -2.50. The van der Waals surface area contributed by atoms with Crippen molar-refractivity contribution in [3.05, 3.63) is 59.2 Å². The molecule has 0 saturated carbocycles. The maximum atomic E-state index is 6.46. The van der Waals surface area contributed by atoms with Gasteiger partial charge in [-0.15, -0.1) is 0 Å². The second-order valence-electron chi connectivity index (χ2n) is 12.1. The van der Waals surface area contributed by atoms with Gasteiger partial charge < -0.3 is 4.74 Å². The zero-order chi connectivity index (χ0) is 23.1. The van der Waals surface area contributed by atoms with Crippen molar-refractivity contribution in [2.24, 2.45) is 5.41 Å². The van der Waals surface area contributed by atoms with E-state index in [1.54, 1.807) is 0 Å². The van der Waals surface area contributed by atoms with Gasteiger partial charge >= 0.3 is 0 Å². The molecule has 30 heavy (non-hydrogen) atoms. The number of hydrogen-bond donors (Lipinski definition) is 0. The third kappa shape index (κ3) is 4.69. The van der Waals surface area contributed by atoms with Gasteiger partial charge in [-0.05, 0) is 34.6 Å². The van der Waals surface area contributed by atoms with E-state index in [1.807, 2.05) is 6.08 Å². The van der Waals surface area contributed by atoms with Crippen LogP contribution in [-0.2, 0) is 5.41 Å². The van der Waals surface area contributed by atoms with Gasteiger partial charge in [-0.3, -0.25) is 0 Å². The van der Waals surface area contributed by atoms with Gasteiger partial charge in [-0.2, -0.15) is 0 Å². The summed E-state index contributed by atoms with van der Waals surface area (Å²) in [6, 6.07) is 4.73. The molecule has 0 spiro atoms. The highest BCUT2D eigenvalue weighted by molar-refractivity contribution is 6.92. The predicted molar refractivity (Wildman–Crippen MR) is 137 cm³/mol. The molecule has 0 amide bonds. The first kappa shape index (κ1) is 24.7. The smallest absolute Gasteiger partial charge is 0.123 e. The molecule has 0 atom stereocenters. The van der Waals surface area contributed by atoms with Gasteiger partial charge in [0.15, 0.2) is 0 Å². The van der Waals surface area contributed by atoms with E-state index < -0.39 is 8.07 Å². The monoisotopic (exact) mass is 424 g/mol. The van der Waals surface area contributed by atoms with Gasteiger partial charge in [0.25, 0.3) is 0 Å². The number of benzene rings is 1. The highest BCUT2D eigenvalue weighted by atomic mass is 28.3. The third-order valence-electron chi connectivity index (χ3n) is 7.36. The number of hydrogen-bond acceptors (Lipinski definition) is 1. The van der Waals surface area contributed by atoms with Gasteiger partial charge in [0.05, 0.1) is 8.07 Å². The van der Waals surface area contributed by atoms with E-state index in [-0.39, 0.29) is 15.9 Å². The normalized spacial score (nSPS) is 15.7.